The fourth-order valence-corrected chi connectivity index (χ4v) is 3.15. The highest BCUT2D eigenvalue weighted by atomic mass is 35.5. The molecule has 3 aromatic carbocycles. The molecule has 0 fully saturated rings. The number of halogens is 1. The highest BCUT2D eigenvalue weighted by Crippen LogP contribution is 2.29. The zero-order valence-corrected chi connectivity index (χ0v) is 17.3. The number of hydrogen-bond donors (Lipinski definition) is 1. The molecular formula is C24H18ClNO5. The van der Waals surface area contributed by atoms with E-state index in [0.717, 1.165) is 5.56 Å². The lowest BCUT2D eigenvalue weighted by atomic mass is 10.1. The quantitative estimate of drug-likeness (QED) is 0.416. The van der Waals surface area contributed by atoms with E-state index in [0.29, 0.717) is 45.3 Å². The van der Waals surface area contributed by atoms with E-state index in [2.05, 4.69) is 5.32 Å². The monoisotopic (exact) mass is 435 g/mol. The number of carbonyl (C=O) groups is 1. The number of benzene rings is 3. The van der Waals surface area contributed by atoms with Crippen LogP contribution >= 0.6 is 11.6 Å². The van der Waals surface area contributed by atoms with Gasteiger partial charge in [-0.1, -0.05) is 23.7 Å². The van der Waals surface area contributed by atoms with Gasteiger partial charge < -0.3 is 19.2 Å². The van der Waals surface area contributed by atoms with E-state index in [1.807, 2.05) is 12.1 Å². The Morgan fingerprint density at radius 2 is 1.77 bits per heavy atom. The van der Waals surface area contributed by atoms with Crippen LogP contribution in [0.1, 0.15) is 15.9 Å². The third-order valence-electron chi connectivity index (χ3n) is 4.61. The first-order chi connectivity index (χ1) is 15.0. The number of rotatable bonds is 6. The summed E-state index contributed by atoms with van der Waals surface area (Å²) in [5.74, 6) is 0.663. The van der Waals surface area contributed by atoms with Gasteiger partial charge in [0.2, 0.25) is 0 Å². The van der Waals surface area contributed by atoms with Crippen molar-refractivity contribution in [3.63, 3.8) is 0 Å². The molecule has 0 unspecified atom stereocenters. The average Bonchev–Trinajstić information content (AvgIpc) is 2.78. The largest absolute Gasteiger partial charge is 0.493 e. The maximum atomic E-state index is 12.7. The number of carbonyl (C=O) groups excluding carboxylic acids is 1. The Bertz CT molecular complexity index is 1300. The topological polar surface area (TPSA) is 77.8 Å². The maximum Gasteiger partial charge on any atom is 0.336 e. The van der Waals surface area contributed by atoms with E-state index < -0.39 is 5.63 Å². The molecule has 1 aromatic heterocycles. The van der Waals surface area contributed by atoms with E-state index in [-0.39, 0.29) is 5.91 Å². The third-order valence-corrected chi connectivity index (χ3v) is 4.86. The number of nitrogens with one attached hydrogen (secondary N) is 1. The highest BCUT2D eigenvalue weighted by molar-refractivity contribution is 6.30. The summed E-state index contributed by atoms with van der Waals surface area (Å²) in [6.07, 6.45) is 0. The van der Waals surface area contributed by atoms with Crippen molar-refractivity contribution >= 4 is 34.2 Å². The molecule has 0 atom stereocenters. The van der Waals surface area contributed by atoms with Crippen LogP contribution in [0.25, 0.3) is 11.0 Å². The van der Waals surface area contributed by atoms with Gasteiger partial charge in [0.05, 0.1) is 7.11 Å². The second kappa shape index (κ2) is 8.93. The lowest BCUT2D eigenvalue weighted by molar-refractivity contribution is 0.102. The number of methoxy groups -OCH3 is 1. The van der Waals surface area contributed by atoms with Gasteiger partial charge in [0.25, 0.3) is 5.91 Å². The van der Waals surface area contributed by atoms with Crippen LogP contribution < -0.4 is 20.4 Å². The second-order valence-corrected chi connectivity index (χ2v) is 7.18. The first-order valence-electron chi connectivity index (χ1n) is 9.42. The van der Waals surface area contributed by atoms with Crippen LogP contribution in [-0.4, -0.2) is 13.0 Å². The minimum absolute atomic E-state index is 0.306. The molecule has 31 heavy (non-hydrogen) atoms. The zero-order valence-electron chi connectivity index (χ0n) is 16.6. The van der Waals surface area contributed by atoms with Crippen LogP contribution in [0, 0.1) is 0 Å². The van der Waals surface area contributed by atoms with Gasteiger partial charge >= 0.3 is 5.63 Å². The lowest BCUT2D eigenvalue weighted by Crippen LogP contribution is -2.12. The molecule has 0 radical (unpaired) electrons. The Hall–Kier alpha value is -3.77. The molecule has 0 saturated heterocycles. The van der Waals surface area contributed by atoms with E-state index in [4.69, 9.17) is 25.5 Å². The van der Waals surface area contributed by atoms with Gasteiger partial charge in [0, 0.05) is 27.7 Å². The second-order valence-electron chi connectivity index (χ2n) is 6.74. The molecule has 1 amide bonds. The number of ether oxygens (including phenoxy) is 2. The van der Waals surface area contributed by atoms with Gasteiger partial charge in [0.15, 0.2) is 11.5 Å². The predicted molar refractivity (Wildman–Crippen MR) is 119 cm³/mol. The van der Waals surface area contributed by atoms with Gasteiger partial charge in [-0.3, -0.25) is 4.79 Å². The van der Waals surface area contributed by atoms with Gasteiger partial charge in [-0.2, -0.15) is 0 Å². The van der Waals surface area contributed by atoms with Crippen molar-refractivity contribution in [1.82, 2.24) is 0 Å². The summed E-state index contributed by atoms with van der Waals surface area (Å²) in [5.41, 5.74) is 1.98. The molecule has 0 aliphatic heterocycles. The Morgan fingerprint density at radius 3 is 2.55 bits per heavy atom. The molecular weight excluding hydrogens is 418 g/mol. The Kier molecular flexibility index (Phi) is 5.91. The summed E-state index contributed by atoms with van der Waals surface area (Å²) >= 11 is 5.90. The molecule has 1 N–H and O–H groups in total. The molecule has 1 heterocycles. The summed E-state index contributed by atoms with van der Waals surface area (Å²) < 4.78 is 16.3. The summed E-state index contributed by atoms with van der Waals surface area (Å²) in [5, 5.41) is 4.20. The predicted octanol–water partition coefficient (Wildman–Crippen LogP) is 5.29. The van der Waals surface area contributed by atoms with Crippen LogP contribution in [0.5, 0.6) is 11.5 Å². The normalized spacial score (nSPS) is 10.6. The standard InChI is InChI=1S/C24H18ClNO5/c1-29-22-13-17(4-9-21(22)30-14-15-2-6-18(25)7-3-15)24(28)26-19-8-10-20-16(12-19)5-11-23(27)31-20/h2-13H,14H2,1H3,(H,26,28). The first-order valence-corrected chi connectivity index (χ1v) is 9.80. The molecule has 0 spiro atoms. The average molecular weight is 436 g/mol. The van der Waals surface area contributed by atoms with Gasteiger partial charge in [-0.15, -0.1) is 0 Å². The fourth-order valence-electron chi connectivity index (χ4n) is 3.02. The molecule has 156 valence electrons. The van der Waals surface area contributed by atoms with Crippen LogP contribution in [-0.2, 0) is 6.61 Å². The molecule has 0 bridgehead atoms. The highest BCUT2D eigenvalue weighted by Gasteiger charge is 2.12. The van der Waals surface area contributed by atoms with E-state index in [1.54, 1.807) is 54.6 Å². The van der Waals surface area contributed by atoms with Crippen molar-refractivity contribution in [2.75, 3.05) is 12.4 Å². The maximum absolute atomic E-state index is 12.7. The molecule has 0 aliphatic rings. The lowest BCUT2D eigenvalue weighted by Gasteiger charge is -2.13. The Morgan fingerprint density at radius 1 is 0.968 bits per heavy atom. The van der Waals surface area contributed by atoms with Crippen molar-refractivity contribution in [1.29, 1.82) is 0 Å². The minimum Gasteiger partial charge on any atom is -0.493 e. The van der Waals surface area contributed by atoms with Gasteiger partial charge in [0.1, 0.15) is 12.2 Å². The van der Waals surface area contributed by atoms with Gasteiger partial charge in [-0.05, 0) is 60.2 Å². The van der Waals surface area contributed by atoms with Crippen LogP contribution in [0.3, 0.4) is 0 Å². The Labute approximate surface area is 183 Å². The smallest absolute Gasteiger partial charge is 0.336 e. The van der Waals surface area contributed by atoms with Crippen molar-refractivity contribution in [2.45, 2.75) is 6.61 Å². The third kappa shape index (κ3) is 4.87. The van der Waals surface area contributed by atoms with Crippen LogP contribution in [0.2, 0.25) is 5.02 Å². The molecule has 6 nitrogen and oxygen atoms in total. The fraction of sp³-hybridized carbons (Fsp3) is 0.0833. The summed E-state index contributed by atoms with van der Waals surface area (Å²) in [7, 11) is 1.52. The SMILES string of the molecule is COc1cc(C(=O)Nc2ccc3oc(=O)ccc3c2)ccc1OCc1ccc(Cl)cc1. The summed E-state index contributed by atoms with van der Waals surface area (Å²) in [6, 6.07) is 20.4. The zero-order chi connectivity index (χ0) is 21.8. The van der Waals surface area contributed by atoms with Gasteiger partial charge in [-0.25, -0.2) is 4.79 Å². The van der Waals surface area contributed by atoms with Crippen molar-refractivity contribution in [3.8, 4) is 11.5 Å². The first kappa shape index (κ1) is 20.5. The summed E-state index contributed by atoms with van der Waals surface area (Å²) in [6.45, 7) is 0.340. The minimum atomic E-state index is -0.422. The van der Waals surface area contributed by atoms with Crippen molar-refractivity contribution in [3.05, 3.63) is 99.4 Å². The molecule has 0 aliphatic carbocycles. The van der Waals surface area contributed by atoms with Crippen LogP contribution in [0.15, 0.2) is 82.0 Å². The molecule has 0 saturated carbocycles. The number of hydrogen-bond acceptors (Lipinski definition) is 5. The Balaban J connectivity index is 1.48. The van der Waals surface area contributed by atoms with Crippen LogP contribution in [0.4, 0.5) is 5.69 Å². The van der Waals surface area contributed by atoms with E-state index in [1.165, 1.54) is 13.2 Å². The van der Waals surface area contributed by atoms with E-state index >= 15 is 0 Å². The van der Waals surface area contributed by atoms with Crippen molar-refractivity contribution < 1.29 is 18.7 Å². The molecule has 4 aromatic rings. The molecule has 4 rings (SSSR count). The molecule has 7 heteroatoms. The number of fused-ring (bicyclic) bond motifs is 1. The summed E-state index contributed by atoms with van der Waals surface area (Å²) in [4.78, 5) is 24.0. The van der Waals surface area contributed by atoms with E-state index in [9.17, 15) is 9.59 Å². The van der Waals surface area contributed by atoms with Crippen molar-refractivity contribution in [2.24, 2.45) is 0 Å². The number of amides is 1. The number of anilines is 1.